The minimum atomic E-state index is -0.724. The van der Waals surface area contributed by atoms with E-state index in [9.17, 15) is 9.59 Å². The van der Waals surface area contributed by atoms with Gasteiger partial charge in [-0.05, 0) is 13.3 Å². The zero-order chi connectivity index (χ0) is 15.9. The Balaban J connectivity index is -0.00000200. The summed E-state index contributed by atoms with van der Waals surface area (Å²) < 4.78 is 0. The van der Waals surface area contributed by atoms with E-state index < -0.39 is 11.9 Å². The van der Waals surface area contributed by atoms with Crippen molar-refractivity contribution >= 4 is 11.8 Å². The standard InChI is InChI=1S/C17H33NO3.Na.H/c1-3-4-5-6-7-8-9-10-11-12-13-14-16(19)15(2)17(20)21-18;;/h15H,3-14,18H2,1-2H3;;/q;+1;-1. The van der Waals surface area contributed by atoms with Gasteiger partial charge in [0.05, 0.1) is 0 Å². The number of carbonyl (C=O) groups excluding carboxylic acids is 2. The molecule has 22 heavy (non-hydrogen) atoms. The fraction of sp³-hybridized carbons (Fsp3) is 0.882. The van der Waals surface area contributed by atoms with E-state index in [4.69, 9.17) is 5.90 Å². The molecule has 0 aromatic rings. The van der Waals surface area contributed by atoms with E-state index in [1.807, 2.05) is 0 Å². The van der Waals surface area contributed by atoms with E-state index in [2.05, 4.69) is 11.8 Å². The fourth-order valence-electron chi connectivity index (χ4n) is 2.41. The molecular weight excluding hydrogens is 289 g/mol. The van der Waals surface area contributed by atoms with Crippen LogP contribution in [0.15, 0.2) is 0 Å². The van der Waals surface area contributed by atoms with E-state index in [0.717, 1.165) is 12.8 Å². The molecule has 0 fully saturated rings. The van der Waals surface area contributed by atoms with Crippen LogP contribution in [0.4, 0.5) is 0 Å². The number of hydrogen-bond acceptors (Lipinski definition) is 4. The Morgan fingerprint density at radius 3 is 1.73 bits per heavy atom. The van der Waals surface area contributed by atoms with Crippen molar-refractivity contribution in [3.63, 3.8) is 0 Å². The molecule has 0 aliphatic heterocycles. The van der Waals surface area contributed by atoms with Crippen molar-refractivity contribution in [2.75, 3.05) is 0 Å². The molecule has 0 saturated carbocycles. The Hall–Kier alpha value is 0.1000. The molecule has 0 saturated heterocycles. The van der Waals surface area contributed by atoms with Gasteiger partial charge in [-0.25, -0.2) is 4.79 Å². The molecule has 1 unspecified atom stereocenters. The van der Waals surface area contributed by atoms with Crippen LogP contribution in [-0.2, 0) is 14.4 Å². The molecule has 1 atom stereocenters. The van der Waals surface area contributed by atoms with Crippen molar-refractivity contribution in [2.24, 2.45) is 11.8 Å². The molecule has 0 spiro atoms. The van der Waals surface area contributed by atoms with Gasteiger partial charge in [0.2, 0.25) is 0 Å². The van der Waals surface area contributed by atoms with E-state index in [0.29, 0.717) is 6.42 Å². The van der Waals surface area contributed by atoms with Gasteiger partial charge in [-0.2, -0.15) is 5.90 Å². The summed E-state index contributed by atoms with van der Waals surface area (Å²) in [5.41, 5.74) is 0. The number of rotatable bonds is 14. The number of unbranched alkanes of at least 4 members (excludes halogenated alkanes) is 10. The molecule has 0 rings (SSSR count). The van der Waals surface area contributed by atoms with Crippen LogP contribution in [0.1, 0.15) is 92.3 Å². The van der Waals surface area contributed by atoms with E-state index in [1.54, 1.807) is 6.92 Å². The van der Waals surface area contributed by atoms with Crippen LogP contribution in [0, 0.1) is 5.92 Å². The van der Waals surface area contributed by atoms with Crippen LogP contribution in [-0.4, -0.2) is 11.8 Å². The molecule has 0 bridgehead atoms. The molecule has 0 heterocycles. The van der Waals surface area contributed by atoms with Crippen LogP contribution in [0.25, 0.3) is 0 Å². The van der Waals surface area contributed by atoms with Crippen molar-refractivity contribution in [1.82, 2.24) is 0 Å². The van der Waals surface area contributed by atoms with Crippen LogP contribution < -0.4 is 35.5 Å². The molecule has 0 aromatic carbocycles. The average Bonchev–Trinajstić information content (AvgIpc) is 2.50. The van der Waals surface area contributed by atoms with Gasteiger partial charge in [-0.1, -0.05) is 71.1 Å². The maximum Gasteiger partial charge on any atom is 1.00 e. The molecule has 2 N–H and O–H groups in total. The summed E-state index contributed by atoms with van der Waals surface area (Å²) in [7, 11) is 0. The SMILES string of the molecule is CCCCCCCCCCCCCC(=O)C(C)C(=O)ON.[H-].[Na+]. The summed E-state index contributed by atoms with van der Waals surface area (Å²) in [6, 6.07) is 0. The van der Waals surface area contributed by atoms with Crippen LogP contribution in [0.3, 0.4) is 0 Å². The van der Waals surface area contributed by atoms with Crippen molar-refractivity contribution in [3.05, 3.63) is 0 Å². The summed E-state index contributed by atoms with van der Waals surface area (Å²) in [6.07, 6.45) is 14.2. The topological polar surface area (TPSA) is 69.4 Å². The molecule has 0 aromatic heterocycles. The van der Waals surface area contributed by atoms with E-state index in [1.165, 1.54) is 57.8 Å². The second kappa shape index (κ2) is 17.5. The zero-order valence-corrected chi connectivity index (χ0v) is 16.9. The Labute approximate surface area is 159 Å². The Morgan fingerprint density at radius 2 is 1.32 bits per heavy atom. The smallest absolute Gasteiger partial charge is 1.00 e. The Bertz CT molecular complexity index is 291. The third-order valence-electron chi connectivity index (χ3n) is 3.98. The molecule has 0 aliphatic carbocycles. The van der Waals surface area contributed by atoms with Gasteiger partial charge in [-0.3, -0.25) is 4.79 Å². The third-order valence-corrected chi connectivity index (χ3v) is 3.98. The molecule has 126 valence electrons. The van der Waals surface area contributed by atoms with Gasteiger partial charge < -0.3 is 6.26 Å². The van der Waals surface area contributed by atoms with Gasteiger partial charge in [0.25, 0.3) is 0 Å². The predicted molar refractivity (Wildman–Crippen MR) is 86.6 cm³/mol. The van der Waals surface area contributed by atoms with Gasteiger partial charge >= 0.3 is 35.5 Å². The molecule has 4 nitrogen and oxygen atoms in total. The van der Waals surface area contributed by atoms with E-state index >= 15 is 0 Å². The number of hydrogen-bond donors (Lipinski definition) is 1. The predicted octanol–water partition coefficient (Wildman–Crippen LogP) is 1.43. The quantitative estimate of drug-likeness (QED) is 0.227. The first kappa shape index (κ1) is 24.4. The fourth-order valence-corrected chi connectivity index (χ4v) is 2.41. The monoisotopic (exact) mass is 323 g/mol. The van der Waals surface area contributed by atoms with Gasteiger partial charge in [0, 0.05) is 6.42 Å². The van der Waals surface area contributed by atoms with Gasteiger partial charge in [-0.15, -0.1) is 0 Å². The second-order valence-electron chi connectivity index (χ2n) is 5.91. The molecular formula is C17H34NNaO3. The van der Waals surface area contributed by atoms with Crippen LogP contribution in [0.5, 0.6) is 0 Å². The van der Waals surface area contributed by atoms with Crippen molar-refractivity contribution in [3.8, 4) is 0 Å². The minimum absolute atomic E-state index is 0. The maximum absolute atomic E-state index is 11.6. The molecule has 5 heteroatoms. The van der Waals surface area contributed by atoms with E-state index in [-0.39, 0.29) is 36.8 Å². The van der Waals surface area contributed by atoms with Crippen LogP contribution in [0.2, 0.25) is 0 Å². The Morgan fingerprint density at radius 1 is 0.909 bits per heavy atom. The first-order valence-electron chi connectivity index (χ1n) is 8.56. The summed E-state index contributed by atoms with van der Waals surface area (Å²) in [4.78, 5) is 26.8. The number of ketones is 1. The van der Waals surface area contributed by atoms with Crippen molar-refractivity contribution in [2.45, 2.75) is 90.9 Å². The van der Waals surface area contributed by atoms with Crippen molar-refractivity contribution < 1.29 is 45.4 Å². The summed E-state index contributed by atoms with van der Waals surface area (Å²) in [5, 5.41) is 0. The second-order valence-corrected chi connectivity index (χ2v) is 5.91. The largest absolute Gasteiger partial charge is 1.00 e. The molecule has 0 aliphatic rings. The molecule has 0 radical (unpaired) electrons. The number of Topliss-reactive ketones (excluding diaryl/α,β-unsaturated/α-hetero) is 1. The van der Waals surface area contributed by atoms with Gasteiger partial charge in [0.1, 0.15) is 11.7 Å². The normalized spacial score (nSPS) is 11.6. The molecule has 0 amide bonds. The zero-order valence-electron chi connectivity index (χ0n) is 15.9. The van der Waals surface area contributed by atoms with Gasteiger partial charge in [0.15, 0.2) is 0 Å². The summed E-state index contributed by atoms with van der Waals surface area (Å²) in [6.45, 7) is 3.79. The third kappa shape index (κ3) is 13.7. The van der Waals surface area contributed by atoms with Crippen molar-refractivity contribution in [1.29, 1.82) is 0 Å². The first-order chi connectivity index (χ1) is 10.1. The maximum atomic E-state index is 11.6. The Kier molecular flexibility index (Phi) is 19.3. The minimum Gasteiger partial charge on any atom is -1.00 e. The summed E-state index contributed by atoms with van der Waals surface area (Å²) >= 11 is 0. The average molecular weight is 323 g/mol. The van der Waals surface area contributed by atoms with Crippen LogP contribution >= 0.6 is 0 Å². The number of carbonyl (C=O) groups is 2. The number of nitrogens with two attached hydrogens (primary N) is 1. The summed E-state index contributed by atoms with van der Waals surface area (Å²) in [5.74, 6) is 3.34. The first-order valence-corrected chi connectivity index (χ1v) is 8.56.